The fourth-order valence-corrected chi connectivity index (χ4v) is 2.73. The van der Waals surface area contributed by atoms with Crippen molar-refractivity contribution < 1.29 is 14.2 Å². The molecule has 114 valence electrons. The van der Waals surface area contributed by atoms with Gasteiger partial charge in [-0.3, -0.25) is 0 Å². The molecule has 0 radical (unpaired) electrons. The molecule has 19 heavy (non-hydrogen) atoms. The Morgan fingerprint density at radius 2 is 1.89 bits per heavy atom. The lowest BCUT2D eigenvalue weighted by molar-refractivity contribution is -0.0184. The Bertz CT molecular complexity index is 233. The largest absolute Gasteiger partial charge is 0.382 e. The summed E-state index contributed by atoms with van der Waals surface area (Å²) in [4.78, 5) is 0. The highest BCUT2D eigenvalue weighted by molar-refractivity contribution is 4.97. The molecule has 0 heterocycles. The molecule has 0 spiro atoms. The lowest BCUT2D eigenvalue weighted by Gasteiger charge is -2.31. The summed E-state index contributed by atoms with van der Waals surface area (Å²) in [5, 5.41) is 3.65. The van der Waals surface area contributed by atoms with E-state index in [1.54, 1.807) is 7.11 Å². The van der Waals surface area contributed by atoms with Crippen LogP contribution in [0.2, 0.25) is 0 Å². The van der Waals surface area contributed by atoms with E-state index in [2.05, 4.69) is 26.1 Å². The van der Waals surface area contributed by atoms with Crippen molar-refractivity contribution in [3.8, 4) is 0 Å². The highest BCUT2D eigenvalue weighted by Gasteiger charge is 2.41. The molecule has 1 N–H and O–H groups in total. The Hall–Kier alpha value is -0.160. The van der Waals surface area contributed by atoms with Crippen LogP contribution >= 0.6 is 0 Å². The molecular weight excluding hydrogens is 242 g/mol. The van der Waals surface area contributed by atoms with E-state index >= 15 is 0 Å². The van der Waals surface area contributed by atoms with Crippen molar-refractivity contribution >= 4 is 0 Å². The van der Waals surface area contributed by atoms with Crippen LogP contribution in [0.5, 0.6) is 0 Å². The van der Waals surface area contributed by atoms with Gasteiger partial charge in [0.2, 0.25) is 0 Å². The van der Waals surface area contributed by atoms with Gasteiger partial charge in [0.05, 0.1) is 32.5 Å². The summed E-state index contributed by atoms with van der Waals surface area (Å²) >= 11 is 0. The molecule has 1 fully saturated rings. The molecule has 2 unspecified atom stereocenters. The SMILES string of the molecule is CCCNC1C(OCCOCCOC)CCC1(C)C. The molecular formula is C15H31NO3. The molecule has 2 atom stereocenters. The van der Waals surface area contributed by atoms with Gasteiger partial charge >= 0.3 is 0 Å². The third kappa shape index (κ3) is 5.78. The molecule has 4 heteroatoms. The van der Waals surface area contributed by atoms with Gasteiger partial charge < -0.3 is 19.5 Å². The molecule has 1 aliphatic rings. The van der Waals surface area contributed by atoms with E-state index in [0.717, 1.165) is 13.0 Å². The molecule has 0 bridgehead atoms. The van der Waals surface area contributed by atoms with E-state index < -0.39 is 0 Å². The monoisotopic (exact) mass is 273 g/mol. The minimum absolute atomic E-state index is 0.326. The highest BCUT2D eigenvalue weighted by Crippen LogP contribution is 2.38. The second-order valence-electron chi connectivity index (χ2n) is 5.97. The van der Waals surface area contributed by atoms with Crippen molar-refractivity contribution in [2.45, 2.75) is 52.2 Å². The summed E-state index contributed by atoms with van der Waals surface area (Å²) in [7, 11) is 1.68. The zero-order valence-corrected chi connectivity index (χ0v) is 13.0. The van der Waals surface area contributed by atoms with Crippen LogP contribution in [-0.4, -0.2) is 52.2 Å². The van der Waals surface area contributed by atoms with Gasteiger partial charge in [-0.1, -0.05) is 20.8 Å². The Morgan fingerprint density at radius 1 is 1.16 bits per heavy atom. The smallest absolute Gasteiger partial charge is 0.0734 e. The van der Waals surface area contributed by atoms with Gasteiger partial charge in [0.25, 0.3) is 0 Å². The van der Waals surface area contributed by atoms with Crippen molar-refractivity contribution in [1.82, 2.24) is 5.32 Å². The van der Waals surface area contributed by atoms with Gasteiger partial charge in [0.15, 0.2) is 0 Å². The first kappa shape index (κ1) is 16.9. The molecule has 0 amide bonds. The fourth-order valence-electron chi connectivity index (χ4n) is 2.73. The van der Waals surface area contributed by atoms with E-state index in [4.69, 9.17) is 14.2 Å². The number of nitrogens with one attached hydrogen (secondary N) is 1. The topological polar surface area (TPSA) is 39.7 Å². The van der Waals surface area contributed by atoms with E-state index in [1.807, 2.05) is 0 Å². The number of ether oxygens (including phenoxy) is 3. The molecule has 4 nitrogen and oxygen atoms in total. The third-order valence-corrected chi connectivity index (χ3v) is 3.89. The van der Waals surface area contributed by atoms with Crippen LogP contribution in [0, 0.1) is 5.41 Å². The third-order valence-electron chi connectivity index (χ3n) is 3.89. The van der Waals surface area contributed by atoms with Gasteiger partial charge in [0, 0.05) is 13.2 Å². The van der Waals surface area contributed by atoms with Crippen LogP contribution in [0.1, 0.15) is 40.0 Å². The van der Waals surface area contributed by atoms with E-state index in [9.17, 15) is 0 Å². The predicted octanol–water partition coefficient (Wildman–Crippen LogP) is 2.22. The Kier molecular flexibility index (Phi) is 7.91. The Morgan fingerprint density at radius 3 is 2.58 bits per heavy atom. The minimum Gasteiger partial charge on any atom is -0.382 e. The maximum atomic E-state index is 6.00. The molecule has 1 rings (SSSR count). The van der Waals surface area contributed by atoms with Crippen molar-refractivity contribution in [3.05, 3.63) is 0 Å². The lowest BCUT2D eigenvalue weighted by atomic mass is 9.87. The molecule has 0 aromatic rings. The van der Waals surface area contributed by atoms with Crippen molar-refractivity contribution in [2.24, 2.45) is 5.41 Å². The summed E-state index contributed by atoms with van der Waals surface area (Å²) in [6.07, 6.45) is 3.86. The molecule has 0 aromatic carbocycles. The summed E-state index contributed by atoms with van der Waals surface area (Å²) < 4.78 is 16.4. The van der Waals surface area contributed by atoms with E-state index in [-0.39, 0.29) is 0 Å². The number of hydrogen-bond donors (Lipinski definition) is 1. The normalized spacial score (nSPS) is 25.9. The van der Waals surface area contributed by atoms with Crippen LogP contribution in [0.4, 0.5) is 0 Å². The maximum Gasteiger partial charge on any atom is 0.0734 e. The van der Waals surface area contributed by atoms with Gasteiger partial charge in [-0.15, -0.1) is 0 Å². The molecule has 0 aromatic heterocycles. The molecule has 1 aliphatic carbocycles. The minimum atomic E-state index is 0.326. The second-order valence-corrected chi connectivity index (χ2v) is 5.97. The Balaban J connectivity index is 2.23. The van der Waals surface area contributed by atoms with Crippen LogP contribution in [0.15, 0.2) is 0 Å². The van der Waals surface area contributed by atoms with Crippen LogP contribution in [0.3, 0.4) is 0 Å². The second kappa shape index (κ2) is 8.90. The summed E-state index contributed by atoms with van der Waals surface area (Å²) in [6, 6.07) is 0.464. The van der Waals surface area contributed by atoms with Gasteiger partial charge in [-0.2, -0.15) is 0 Å². The van der Waals surface area contributed by atoms with Gasteiger partial charge in [-0.25, -0.2) is 0 Å². The first-order valence-electron chi connectivity index (χ1n) is 7.53. The molecule has 0 aliphatic heterocycles. The van der Waals surface area contributed by atoms with E-state index in [1.165, 1.54) is 12.8 Å². The van der Waals surface area contributed by atoms with Crippen LogP contribution in [-0.2, 0) is 14.2 Å². The zero-order chi connectivity index (χ0) is 14.1. The summed E-state index contributed by atoms with van der Waals surface area (Å²) in [5.41, 5.74) is 0.330. The first-order valence-corrected chi connectivity index (χ1v) is 7.53. The van der Waals surface area contributed by atoms with Crippen molar-refractivity contribution in [2.75, 3.05) is 40.1 Å². The predicted molar refractivity (Wildman–Crippen MR) is 77.5 cm³/mol. The van der Waals surface area contributed by atoms with Crippen molar-refractivity contribution in [3.63, 3.8) is 0 Å². The zero-order valence-electron chi connectivity index (χ0n) is 13.0. The number of methoxy groups -OCH3 is 1. The lowest BCUT2D eigenvalue weighted by Crippen LogP contribution is -2.46. The first-order chi connectivity index (χ1) is 9.11. The average Bonchev–Trinajstić information content (AvgIpc) is 2.66. The van der Waals surface area contributed by atoms with Crippen LogP contribution < -0.4 is 5.32 Å². The standard InChI is InChI=1S/C15H31NO3/c1-5-8-16-14-13(6-7-15(14,2)3)19-12-11-18-10-9-17-4/h13-14,16H,5-12H2,1-4H3. The average molecular weight is 273 g/mol. The van der Waals surface area contributed by atoms with Crippen LogP contribution in [0.25, 0.3) is 0 Å². The van der Waals surface area contributed by atoms with Crippen molar-refractivity contribution in [1.29, 1.82) is 0 Å². The summed E-state index contributed by atoms with van der Waals surface area (Å²) in [6.45, 7) is 10.6. The maximum absolute atomic E-state index is 6.00. The quantitative estimate of drug-likeness (QED) is 0.620. The Labute approximate surface area is 118 Å². The molecule has 1 saturated carbocycles. The number of hydrogen-bond acceptors (Lipinski definition) is 4. The van der Waals surface area contributed by atoms with E-state index in [0.29, 0.717) is 44.0 Å². The summed E-state index contributed by atoms with van der Waals surface area (Å²) in [5.74, 6) is 0. The highest BCUT2D eigenvalue weighted by atomic mass is 16.5. The number of rotatable bonds is 10. The molecule has 0 saturated heterocycles. The fraction of sp³-hybridized carbons (Fsp3) is 1.00. The van der Waals surface area contributed by atoms with Gasteiger partial charge in [-0.05, 0) is 31.2 Å². The van der Waals surface area contributed by atoms with Gasteiger partial charge in [0.1, 0.15) is 0 Å².